The minimum absolute atomic E-state index is 0. The number of carbonyl (C=O) groups is 1. The van der Waals surface area contributed by atoms with Crippen molar-refractivity contribution >= 4 is 34.2 Å². The molecule has 128 valence electrons. The first kappa shape index (κ1) is 17.4. The van der Waals surface area contributed by atoms with Gasteiger partial charge < -0.3 is 10.2 Å². The highest BCUT2D eigenvalue weighted by Crippen LogP contribution is 2.28. The van der Waals surface area contributed by atoms with Gasteiger partial charge in [-0.3, -0.25) is 4.79 Å². The van der Waals surface area contributed by atoms with Crippen molar-refractivity contribution in [3.63, 3.8) is 0 Å². The molecule has 6 nitrogen and oxygen atoms in total. The molecule has 0 saturated carbocycles. The summed E-state index contributed by atoms with van der Waals surface area (Å²) in [4.78, 5) is 14.7. The Morgan fingerprint density at radius 1 is 1.29 bits per heavy atom. The lowest BCUT2D eigenvalue weighted by Crippen LogP contribution is -2.32. The Balaban J connectivity index is 0.00000169. The molecule has 0 unspecified atom stereocenters. The summed E-state index contributed by atoms with van der Waals surface area (Å²) in [7, 11) is 0. The topological polar surface area (TPSA) is 63.1 Å². The number of nitrogens with zero attached hydrogens (tertiary/aromatic N) is 4. The zero-order valence-electron chi connectivity index (χ0n) is 13.3. The maximum Gasteiger partial charge on any atom is 0.276 e. The number of hydrogen-bond donors (Lipinski definition) is 1. The number of likely N-dealkylation sites (tertiary alicyclic amines) is 1. The lowest BCUT2D eigenvalue weighted by molar-refractivity contribution is 0.0775. The third kappa shape index (κ3) is 2.96. The van der Waals surface area contributed by atoms with E-state index in [4.69, 9.17) is 0 Å². The molecule has 8 heteroatoms. The molecule has 2 aliphatic rings. The first-order valence-electron chi connectivity index (χ1n) is 7.81. The second-order valence-electron chi connectivity index (χ2n) is 6.30. The van der Waals surface area contributed by atoms with Gasteiger partial charge in [0.1, 0.15) is 0 Å². The van der Waals surface area contributed by atoms with Crippen LogP contribution in [0, 0.1) is 18.8 Å². The van der Waals surface area contributed by atoms with Crippen LogP contribution in [-0.4, -0.2) is 52.0 Å². The van der Waals surface area contributed by atoms with Crippen LogP contribution in [0.15, 0.2) is 28.7 Å². The molecule has 1 amide bonds. The molecule has 2 saturated heterocycles. The average molecular weight is 413 g/mol. The standard InChI is InChI=1S/C16H18BrN5O.ClH/c1-10-15(16(23)21-8-11-6-18-7-12(11)9-21)19-20-22(10)14-4-2-3-13(17)5-14;/h2-5,11-12,18H,6-9H2,1H3;1H/t11-,12+;. The van der Waals surface area contributed by atoms with Crippen molar-refractivity contribution < 1.29 is 4.79 Å². The van der Waals surface area contributed by atoms with Gasteiger partial charge in [-0.25, -0.2) is 4.68 Å². The number of rotatable bonds is 2. The number of fused-ring (bicyclic) bond motifs is 1. The van der Waals surface area contributed by atoms with Gasteiger partial charge in [0.25, 0.3) is 5.91 Å². The number of amides is 1. The Morgan fingerprint density at radius 3 is 2.67 bits per heavy atom. The summed E-state index contributed by atoms with van der Waals surface area (Å²) < 4.78 is 2.69. The van der Waals surface area contributed by atoms with Crippen LogP contribution >= 0.6 is 28.3 Å². The van der Waals surface area contributed by atoms with Crippen LogP contribution in [0.4, 0.5) is 0 Å². The highest BCUT2D eigenvalue weighted by Gasteiger charge is 2.39. The van der Waals surface area contributed by atoms with E-state index in [1.165, 1.54) is 0 Å². The molecular formula is C16H19BrClN5O. The van der Waals surface area contributed by atoms with E-state index in [2.05, 4.69) is 31.6 Å². The van der Waals surface area contributed by atoms with Gasteiger partial charge in [0.2, 0.25) is 0 Å². The van der Waals surface area contributed by atoms with E-state index >= 15 is 0 Å². The Labute approximate surface area is 155 Å². The molecule has 24 heavy (non-hydrogen) atoms. The number of benzene rings is 1. The number of hydrogen-bond acceptors (Lipinski definition) is 4. The van der Waals surface area contributed by atoms with Gasteiger partial charge in [-0.15, -0.1) is 17.5 Å². The molecule has 0 bridgehead atoms. The van der Waals surface area contributed by atoms with Crippen LogP contribution in [0.5, 0.6) is 0 Å². The molecule has 1 N–H and O–H groups in total. The first-order valence-corrected chi connectivity index (χ1v) is 8.61. The molecule has 4 rings (SSSR count). The fourth-order valence-corrected chi connectivity index (χ4v) is 3.94. The van der Waals surface area contributed by atoms with E-state index in [1.54, 1.807) is 4.68 Å². The summed E-state index contributed by atoms with van der Waals surface area (Å²) in [6, 6.07) is 7.81. The second-order valence-corrected chi connectivity index (χ2v) is 7.22. The van der Waals surface area contributed by atoms with Gasteiger partial charge in [-0.1, -0.05) is 27.2 Å². The highest BCUT2D eigenvalue weighted by molar-refractivity contribution is 9.10. The molecule has 1 aromatic heterocycles. The maximum atomic E-state index is 12.8. The summed E-state index contributed by atoms with van der Waals surface area (Å²) >= 11 is 3.46. The van der Waals surface area contributed by atoms with Crippen LogP contribution in [0.2, 0.25) is 0 Å². The van der Waals surface area contributed by atoms with Crippen molar-refractivity contribution in [3.05, 3.63) is 40.1 Å². The van der Waals surface area contributed by atoms with Crippen molar-refractivity contribution in [2.45, 2.75) is 6.92 Å². The van der Waals surface area contributed by atoms with Crippen LogP contribution in [-0.2, 0) is 0 Å². The molecular weight excluding hydrogens is 394 g/mol. The molecule has 2 fully saturated rings. The predicted molar refractivity (Wildman–Crippen MR) is 96.8 cm³/mol. The molecule has 2 aromatic rings. The third-order valence-corrected chi connectivity index (χ3v) is 5.32. The monoisotopic (exact) mass is 411 g/mol. The summed E-state index contributed by atoms with van der Waals surface area (Å²) in [6.07, 6.45) is 0. The van der Waals surface area contributed by atoms with Gasteiger partial charge in [0, 0.05) is 30.7 Å². The van der Waals surface area contributed by atoms with Crippen LogP contribution in [0.25, 0.3) is 5.69 Å². The van der Waals surface area contributed by atoms with Crippen LogP contribution < -0.4 is 5.32 Å². The maximum absolute atomic E-state index is 12.8. The predicted octanol–water partition coefficient (Wildman–Crippen LogP) is 2.05. The largest absolute Gasteiger partial charge is 0.337 e. The molecule has 0 radical (unpaired) electrons. The minimum Gasteiger partial charge on any atom is -0.337 e. The van der Waals surface area contributed by atoms with E-state index in [0.29, 0.717) is 17.5 Å². The summed E-state index contributed by atoms with van der Waals surface area (Å²) in [5.74, 6) is 1.16. The lowest BCUT2D eigenvalue weighted by Gasteiger charge is -2.16. The van der Waals surface area contributed by atoms with E-state index in [9.17, 15) is 4.79 Å². The van der Waals surface area contributed by atoms with Gasteiger partial charge in [0.15, 0.2) is 5.69 Å². The zero-order valence-corrected chi connectivity index (χ0v) is 15.7. The molecule has 3 heterocycles. The van der Waals surface area contributed by atoms with Crippen molar-refractivity contribution in [1.29, 1.82) is 0 Å². The van der Waals surface area contributed by atoms with Gasteiger partial charge in [0.05, 0.1) is 11.4 Å². The highest BCUT2D eigenvalue weighted by atomic mass is 79.9. The van der Waals surface area contributed by atoms with E-state index in [0.717, 1.165) is 42.0 Å². The summed E-state index contributed by atoms with van der Waals surface area (Å²) in [5, 5.41) is 11.7. The Bertz CT molecular complexity index is 753. The van der Waals surface area contributed by atoms with Gasteiger partial charge in [-0.2, -0.15) is 0 Å². The quantitative estimate of drug-likeness (QED) is 0.820. The van der Waals surface area contributed by atoms with Crippen LogP contribution in [0.1, 0.15) is 16.2 Å². The summed E-state index contributed by atoms with van der Waals surface area (Å²) in [5.41, 5.74) is 2.13. The summed E-state index contributed by atoms with van der Waals surface area (Å²) in [6.45, 7) is 5.56. The van der Waals surface area contributed by atoms with Crippen molar-refractivity contribution in [3.8, 4) is 5.69 Å². The van der Waals surface area contributed by atoms with Gasteiger partial charge >= 0.3 is 0 Å². The van der Waals surface area contributed by atoms with Crippen LogP contribution in [0.3, 0.4) is 0 Å². The molecule has 0 spiro atoms. The van der Waals surface area contributed by atoms with Crippen molar-refractivity contribution in [2.24, 2.45) is 11.8 Å². The number of nitrogens with one attached hydrogen (secondary N) is 1. The Kier molecular flexibility index (Phi) is 4.94. The van der Waals surface area contributed by atoms with E-state index < -0.39 is 0 Å². The van der Waals surface area contributed by atoms with Crippen molar-refractivity contribution in [2.75, 3.05) is 26.2 Å². The molecule has 2 atom stereocenters. The molecule has 1 aromatic carbocycles. The van der Waals surface area contributed by atoms with E-state index in [1.807, 2.05) is 36.1 Å². The number of aromatic nitrogens is 3. The fourth-order valence-electron chi connectivity index (χ4n) is 3.55. The zero-order chi connectivity index (χ0) is 16.0. The lowest BCUT2D eigenvalue weighted by atomic mass is 10.0. The van der Waals surface area contributed by atoms with Crippen molar-refractivity contribution in [1.82, 2.24) is 25.2 Å². The molecule has 2 aliphatic heterocycles. The van der Waals surface area contributed by atoms with Gasteiger partial charge in [-0.05, 0) is 37.0 Å². The second kappa shape index (κ2) is 6.82. The normalized spacial score (nSPS) is 22.3. The Hall–Kier alpha value is -1.44. The SMILES string of the molecule is Cc1c(C(=O)N2C[C@H]3CNC[C@H]3C2)nnn1-c1cccc(Br)c1.Cl. The minimum atomic E-state index is -0.00172. The third-order valence-electron chi connectivity index (χ3n) is 4.83. The smallest absolute Gasteiger partial charge is 0.276 e. The first-order chi connectivity index (χ1) is 11.1. The Morgan fingerprint density at radius 2 is 2.00 bits per heavy atom. The average Bonchev–Trinajstić information content (AvgIpc) is 3.20. The molecule has 0 aliphatic carbocycles. The number of halogens is 2. The van der Waals surface area contributed by atoms with E-state index in [-0.39, 0.29) is 18.3 Å². The number of carbonyl (C=O) groups excluding carboxylic acids is 1. The fraction of sp³-hybridized carbons (Fsp3) is 0.438.